The average molecular weight is 462 g/mol. The van der Waals surface area contributed by atoms with Gasteiger partial charge < -0.3 is 25.6 Å². The number of hydrogen-bond donors (Lipinski definition) is 3. The number of nitrogens with one attached hydrogen (secondary N) is 3. The molecule has 2 aliphatic rings. The first-order chi connectivity index (χ1) is 15.1. The van der Waals surface area contributed by atoms with E-state index in [0.29, 0.717) is 12.0 Å². The number of carbonyl (C=O) groups is 2. The molecule has 3 rings (SSSR count). The van der Waals surface area contributed by atoms with Crippen LogP contribution in [-0.4, -0.2) is 49.0 Å². The van der Waals surface area contributed by atoms with E-state index < -0.39 is 24.0 Å². The molecular weight excluding hydrogens is 432 g/mol. The number of nitrogens with zero attached hydrogens (tertiary/aromatic N) is 1. The van der Waals surface area contributed by atoms with Gasteiger partial charge in [0.05, 0.1) is 0 Å². The zero-order valence-corrected chi connectivity index (χ0v) is 18.2. The normalized spacial score (nSPS) is 18.2. The number of amides is 4. The minimum Gasteiger partial charge on any atom is -0.406 e. The van der Waals surface area contributed by atoms with E-state index in [1.54, 1.807) is 0 Å². The summed E-state index contributed by atoms with van der Waals surface area (Å²) >= 11 is 0. The number of carbonyl (C=O) groups excluding carboxylic acids is 2. The highest BCUT2D eigenvalue weighted by Gasteiger charge is 2.31. The fraction of sp³-hybridized carbons (Fsp3) is 0.619. The van der Waals surface area contributed by atoms with E-state index in [1.165, 1.54) is 6.42 Å². The van der Waals surface area contributed by atoms with Gasteiger partial charge in [-0.1, -0.05) is 13.0 Å². The summed E-state index contributed by atoms with van der Waals surface area (Å²) in [5.41, 5.74) is 0.0745. The summed E-state index contributed by atoms with van der Waals surface area (Å²) < 4.78 is 53.0. The Morgan fingerprint density at radius 3 is 2.47 bits per heavy atom. The van der Waals surface area contributed by atoms with Crippen LogP contribution in [-0.2, 0) is 6.54 Å². The fourth-order valence-corrected chi connectivity index (χ4v) is 3.15. The summed E-state index contributed by atoms with van der Waals surface area (Å²) in [7, 11) is 0. The number of alkyl halides is 3. The smallest absolute Gasteiger partial charge is 0.406 e. The highest BCUT2D eigenvalue weighted by Crippen LogP contribution is 2.24. The highest BCUT2D eigenvalue weighted by atomic mass is 19.4. The molecule has 1 aliphatic heterocycles. The molecule has 1 atom stereocenters. The molecule has 1 heterocycles. The lowest BCUT2D eigenvalue weighted by atomic mass is 10.0. The SMILES string of the molecule is CCNC(=O)N1CCCC(C)C1.O=C(NCc1ccc(OC(F)(F)F)cc1F)NC1CC1. The first kappa shape index (κ1) is 25.5. The second-order valence-electron chi connectivity index (χ2n) is 7.93. The maximum atomic E-state index is 13.5. The fourth-order valence-electron chi connectivity index (χ4n) is 3.15. The van der Waals surface area contributed by atoms with Gasteiger partial charge >= 0.3 is 18.4 Å². The Balaban J connectivity index is 0.000000258. The van der Waals surface area contributed by atoms with Crippen LogP contribution in [0.15, 0.2) is 18.2 Å². The van der Waals surface area contributed by atoms with Gasteiger partial charge in [0.1, 0.15) is 11.6 Å². The number of halogens is 4. The zero-order chi connectivity index (χ0) is 23.7. The Labute approximate surface area is 184 Å². The van der Waals surface area contributed by atoms with Crippen LogP contribution in [0.4, 0.5) is 27.2 Å². The van der Waals surface area contributed by atoms with E-state index in [0.717, 1.165) is 51.0 Å². The van der Waals surface area contributed by atoms with Crippen molar-refractivity contribution in [2.24, 2.45) is 5.92 Å². The number of urea groups is 2. The molecular formula is C21H30F4N4O3. The molecule has 1 aliphatic carbocycles. The van der Waals surface area contributed by atoms with E-state index in [9.17, 15) is 27.2 Å². The predicted molar refractivity (Wildman–Crippen MR) is 111 cm³/mol. The van der Waals surface area contributed by atoms with Crippen molar-refractivity contribution in [1.82, 2.24) is 20.9 Å². The third kappa shape index (κ3) is 9.61. The molecule has 1 saturated heterocycles. The Morgan fingerprint density at radius 1 is 1.19 bits per heavy atom. The molecule has 2 fully saturated rings. The molecule has 32 heavy (non-hydrogen) atoms. The molecule has 180 valence electrons. The number of rotatable bonds is 5. The molecule has 4 amide bonds. The maximum absolute atomic E-state index is 13.5. The minimum atomic E-state index is -4.86. The number of likely N-dealkylation sites (tertiary alicyclic amines) is 1. The third-order valence-corrected chi connectivity index (χ3v) is 4.88. The van der Waals surface area contributed by atoms with Crippen LogP contribution >= 0.6 is 0 Å². The minimum absolute atomic E-state index is 0.0745. The lowest BCUT2D eigenvalue weighted by Crippen LogP contribution is -2.44. The molecule has 0 bridgehead atoms. The summed E-state index contributed by atoms with van der Waals surface area (Å²) in [6, 6.07) is 2.60. The Hall–Kier alpha value is -2.72. The van der Waals surface area contributed by atoms with Crippen LogP contribution < -0.4 is 20.7 Å². The van der Waals surface area contributed by atoms with Crippen LogP contribution in [0.5, 0.6) is 5.75 Å². The van der Waals surface area contributed by atoms with Crippen molar-refractivity contribution in [3.8, 4) is 5.75 Å². The van der Waals surface area contributed by atoms with E-state index in [2.05, 4.69) is 27.6 Å². The van der Waals surface area contributed by atoms with Gasteiger partial charge in [0.2, 0.25) is 0 Å². The molecule has 3 N–H and O–H groups in total. The monoisotopic (exact) mass is 462 g/mol. The van der Waals surface area contributed by atoms with Crippen LogP contribution in [0.25, 0.3) is 0 Å². The molecule has 1 unspecified atom stereocenters. The Bertz CT molecular complexity index is 772. The van der Waals surface area contributed by atoms with Gasteiger partial charge in [-0.15, -0.1) is 13.2 Å². The number of benzene rings is 1. The summed E-state index contributed by atoms with van der Waals surface area (Å²) in [5.74, 6) is -0.846. The lowest BCUT2D eigenvalue weighted by molar-refractivity contribution is -0.274. The van der Waals surface area contributed by atoms with Gasteiger partial charge in [-0.05, 0) is 44.6 Å². The van der Waals surface area contributed by atoms with Crippen molar-refractivity contribution in [3.05, 3.63) is 29.6 Å². The van der Waals surface area contributed by atoms with Gasteiger partial charge in [-0.2, -0.15) is 0 Å². The number of ether oxygens (including phenoxy) is 1. The quantitative estimate of drug-likeness (QED) is 0.576. The second kappa shape index (κ2) is 11.8. The molecule has 7 nitrogen and oxygen atoms in total. The van der Waals surface area contributed by atoms with Crippen molar-refractivity contribution in [2.75, 3.05) is 19.6 Å². The highest BCUT2D eigenvalue weighted by molar-refractivity contribution is 5.74. The van der Waals surface area contributed by atoms with Gasteiger partial charge in [0, 0.05) is 43.9 Å². The number of piperidine rings is 1. The zero-order valence-electron chi connectivity index (χ0n) is 18.2. The molecule has 11 heteroatoms. The van der Waals surface area contributed by atoms with E-state index >= 15 is 0 Å². The van der Waals surface area contributed by atoms with Gasteiger partial charge in [0.25, 0.3) is 0 Å². The second-order valence-corrected chi connectivity index (χ2v) is 7.93. The average Bonchev–Trinajstić information content (AvgIpc) is 3.51. The molecule has 1 saturated carbocycles. The van der Waals surface area contributed by atoms with Gasteiger partial charge in [-0.3, -0.25) is 0 Å². The first-order valence-electron chi connectivity index (χ1n) is 10.7. The first-order valence-corrected chi connectivity index (χ1v) is 10.7. The van der Waals surface area contributed by atoms with Crippen LogP contribution in [0.3, 0.4) is 0 Å². The summed E-state index contributed by atoms with van der Waals surface area (Å²) in [4.78, 5) is 24.6. The summed E-state index contributed by atoms with van der Waals surface area (Å²) in [6.07, 6.45) is -0.610. The van der Waals surface area contributed by atoms with E-state index in [4.69, 9.17) is 0 Å². The molecule has 0 spiro atoms. The van der Waals surface area contributed by atoms with Crippen LogP contribution in [0.1, 0.15) is 45.1 Å². The van der Waals surface area contributed by atoms with Gasteiger partial charge in [0.15, 0.2) is 0 Å². The standard InChI is InChI=1S/C12H12F4N2O2.C9H18N2O/c13-10-5-9(20-12(14,15)16)4-1-7(10)6-17-11(19)18-8-2-3-8;1-3-10-9(12)11-6-4-5-8(2)7-11/h1,4-5,8H,2-3,6H2,(H2,17,18,19);8H,3-7H2,1-2H3,(H,10,12). The lowest BCUT2D eigenvalue weighted by Gasteiger charge is -2.30. The van der Waals surface area contributed by atoms with Crippen LogP contribution in [0, 0.1) is 11.7 Å². The van der Waals surface area contributed by atoms with Crippen molar-refractivity contribution in [1.29, 1.82) is 0 Å². The maximum Gasteiger partial charge on any atom is 0.573 e. The Morgan fingerprint density at radius 2 is 1.91 bits per heavy atom. The predicted octanol–water partition coefficient (Wildman–Crippen LogP) is 4.13. The third-order valence-electron chi connectivity index (χ3n) is 4.88. The van der Waals surface area contributed by atoms with E-state index in [-0.39, 0.29) is 24.2 Å². The van der Waals surface area contributed by atoms with Gasteiger partial charge in [-0.25, -0.2) is 14.0 Å². The Kier molecular flexibility index (Phi) is 9.40. The topological polar surface area (TPSA) is 82.7 Å². The van der Waals surface area contributed by atoms with Crippen molar-refractivity contribution in [3.63, 3.8) is 0 Å². The van der Waals surface area contributed by atoms with Crippen molar-refractivity contribution < 1.29 is 31.9 Å². The van der Waals surface area contributed by atoms with Crippen molar-refractivity contribution in [2.45, 2.75) is 58.5 Å². The van der Waals surface area contributed by atoms with E-state index in [1.807, 2.05) is 11.8 Å². The number of hydrogen-bond acceptors (Lipinski definition) is 3. The summed E-state index contributed by atoms with van der Waals surface area (Å²) in [5, 5.41) is 7.89. The molecule has 0 aromatic heterocycles. The molecule has 0 radical (unpaired) electrons. The summed E-state index contributed by atoms with van der Waals surface area (Å²) in [6.45, 7) is 6.61. The largest absolute Gasteiger partial charge is 0.573 e. The molecule has 1 aromatic rings. The molecule has 1 aromatic carbocycles. The van der Waals surface area contributed by atoms with Crippen molar-refractivity contribution >= 4 is 12.1 Å². The van der Waals surface area contributed by atoms with Crippen LogP contribution in [0.2, 0.25) is 0 Å².